The van der Waals surface area contributed by atoms with Gasteiger partial charge in [0.25, 0.3) is 0 Å². The van der Waals surface area contributed by atoms with Gasteiger partial charge in [0.2, 0.25) is 0 Å². The molecule has 0 bridgehead atoms. The summed E-state index contributed by atoms with van der Waals surface area (Å²) in [6.07, 6.45) is 5.37. The number of rotatable bonds is 2. The van der Waals surface area contributed by atoms with Crippen molar-refractivity contribution in [2.45, 2.75) is 26.2 Å². The van der Waals surface area contributed by atoms with Gasteiger partial charge in [-0.15, -0.1) is 0 Å². The van der Waals surface area contributed by atoms with Gasteiger partial charge in [-0.3, -0.25) is 15.3 Å². The molecule has 2 rings (SSSR count). The first-order valence-corrected chi connectivity index (χ1v) is 4.59. The van der Waals surface area contributed by atoms with E-state index in [1.54, 1.807) is 7.11 Å². The quantitative estimate of drug-likeness (QED) is 0.702. The minimum absolute atomic E-state index is 0.989. The molecule has 0 aliphatic heterocycles. The fraction of sp³-hybridized carbons (Fsp3) is 0.500. The van der Waals surface area contributed by atoms with Crippen LogP contribution in [0, 0.1) is 6.92 Å². The molecule has 1 aromatic heterocycles. The largest absolute Gasteiger partial charge is 0.279 e. The van der Waals surface area contributed by atoms with Gasteiger partial charge in [-0.2, -0.15) is 0 Å². The van der Waals surface area contributed by atoms with Gasteiger partial charge in [-0.05, 0) is 37.3 Å². The number of aromatic nitrogens is 1. The summed E-state index contributed by atoms with van der Waals surface area (Å²) in [5.74, 6) is 0. The zero-order chi connectivity index (χ0) is 9.26. The Hall–Kier alpha value is -1.09. The summed E-state index contributed by atoms with van der Waals surface area (Å²) in [5, 5.41) is 0. The summed E-state index contributed by atoms with van der Waals surface area (Å²) in [6, 6.07) is 0. The average Bonchev–Trinajstić information content (AvgIpc) is 2.58. The van der Waals surface area contributed by atoms with Crippen LogP contribution in [0.4, 0.5) is 5.69 Å². The minimum Gasteiger partial charge on any atom is -0.279 e. The van der Waals surface area contributed by atoms with Crippen LogP contribution in [-0.4, -0.2) is 12.1 Å². The fourth-order valence-electron chi connectivity index (χ4n) is 1.89. The zero-order valence-corrected chi connectivity index (χ0v) is 8.05. The molecule has 0 atom stereocenters. The third-order valence-electron chi connectivity index (χ3n) is 2.61. The molecule has 1 aromatic rings. The first kappa shape index (κ1) is 8.51. The Labute approximate surface area is 78.1 Å². The van der Waals surface area contributed by atoms with Crippen molar-refractivity contribution in [1.29, 1.82) is 0 Å². The van der Waals surface area contributed by atoms with Gasteiger partial charge in [-0.1, -0.05) is 0 Å². The van der Waals surface area contributed by atoms with Crippen molar-refractivity contribution < 1.29 is 4.84 Å². The van der Waals surface area contributed by atoms with Crippen molar-refractivity contribution in [2.24, 2.45) is 0 Å². The van der Waals surface area contributed by atoms with E-state index in [-0.39, 0.29) is 0 Å². The van der Waals surface area contributed by atoms with Crippen molar-refractivity contribution in [2.75, 3.05) is 12.6 Å². The average molecular weight is 178 g/mol. The Morgan fingerprint density at radius 2 is 2.31 bits per heavy atom. The molecular formula is C10H14N2O. The second-order valence-corrected chi connectivity index (χ2v) is 3.38. The summed E-state index contributed by atoms with van der Waals surface area (Å²) in [5.41, 5.74) is 7.78. The lowest BCUT2D eigenvalue weighted by Gasteiger charge is -2.10. The number of nitrogens with one attached hydrogen (secondary N) is 1. The van der Waals surface area contributed by atoms with Gasteiger partial charge in [-0.25, -0.2) is 0 Å². The third-order valence-corrected chi connectivity index (χ3v) is 2.61. The highest BCUT2D eigenvalue weighted by molar-refractivity contribution is 5.53. The van der Waals surface area contributed by atoms with Crippen molar-refractivity contribution in [3.8, 4) is 0 Å². The van der Waals surface area contributed by atoms with Crippen LogP contribution < -0.4 is 5.48 Å². The number of nitrogens with zero attached hydrogens (tertiary/aromatic N) is 1. The van der Waals surface area contributed by atoms with Crippen molar-refractivity contribution >= 4 is 5.69 Å². The molecule has 13 heavy (non-hydrogen) atoms. The molecule has 0 unspecified atom stereocenters. The molecule has 0 saturated heterocycles. The Kier molecular flexibility index (Phi) is 2.19. The van der Waals surface area contributed by atoms with Gasteiger partial charge >= 0.3 is 0 Å². The number of anilines is 1. The van der Waals surface area contributed by atoms with Gasteiger partial charge < -0.3 is 0 Å². The third kappa shape index (κ3) is 1.40. The van der Waals surface area contributed by atoms with Crippen LogP contribution in [0.25, 0.3) is 0 Å². The first-order chi connectivity index (χ1) is 6.33. The lowest BCUT2D eigenvalue weighted by atomic mass is 10.1. The summed E-state index contributed by atoms with van der Waals surface area (Å²) < 4.78 is 0. The molecule has 0 spiro atoms. The second-order valence-electron chi connectivity index (χ2n) is 3.38. The van der Waals surface area contributed by atoms with Gasteiger partial charge in [0.05, 0.1) is 19.0 Å². The van der Waals surface area contributed by atoms with Crippen LogP contribution in [0.5, 0.6) is 0 Å². The predicted octanol–water partition coefficient (Wildman–Crippen LogP) is 1.85. The van der Waals surface area contributed by atoms with Gasteiger partial charge in [0.15, 0.2) is 0 Å². The molecule has 70 valence electrons. The van der Waals surface area contributed by atoms with Crippen molar-refractivity contribution in [3.63, 3.8) is 0 Å². The van der Waals surface area contributed by atoms with Crippen LogP contribution in [0.2, 0.25) is 0 Å². The molecule has 3 nitrogen and oxygen atoms in total. The molecular weight excluding hydrogens is 164 g/mol. The smallest absolute Gasteiger partial charge is 0.0819 e. The van der Waals surface area contributed by atoms with E-state index in [0.717, 1.165) is 18.5 Å². The maximum Gasteiger partial charge on any atom is 0.0819 e. The number of hydrogen-bond donors (Lipinski definition) is 1. The Bertz CT molecular complexity index is 323. The molecule has 0 amide bonds. The summed E-state index contributed by atoms with van der Waals surface area (Å²) >= 11 is 0. The van der Waals surface area contributed by atoms with E-state index in [1.807, 2.05) is 6.20 Å². The molecule has 0 aromatic carbocycles. The van der Waals surface area contributed by atoms with Crippen LogP contribution in [0.1, 0.15) is 23.2 Å². The molecule has 1 aliphatic carbocycles. The van der Waals surface area contributed by atoms with Crippen LogP contribution >= 0.6 is 0 Å². The Balaban J connectivity index is 2.40. The highest BCUT2D eigenvalue weighted by Gasteiger charge is 2.16. The van der Waals surface area contributed by atoms with Crippen molar-refractivity contribution in [1.82, 2.24) is 4.98 Å². The van der Waals surface area contributed by atoms with E-state index in [0.29, 0.717) is 0 Å². The van der Waals surface area contributed by atoms with Gasteiger partial charge in [0.1, 0.15) is 0 Å². The SMILES string of the molecule is CONc1cnc2c(c1C)CCC2. The minimum atomic E-state index is 0.989. The fourth-order valence-corrected chi connectivity index (χ4v) is 1.89. The van der Waals surface area contributed by atoms with E-state index in [2.05, 4.69) is 17.4 Å². The number of pyridine rings is 1. The Morgan fingerprint density at radius 3 is 3.08 bits per heavy atom. The number of hydrogen-bond acceptors (Lipinski definition) is 3. The lowest BCUT2D eigenvalue weighted by Crippen LogP contribution is -2.02. The topological polar surface area (TPSA) is 34.1 Å². The van der Waals surface area contributed by atoms with Crippen LogP contribution in [0.15, 0.2) is 6.20 Å². The lowest BCUT2D eigenvalue weighted by molar-refractivity contribution is 0.270. The highest BCUT2D eigenvalue weighted by atomic mass is 16.6. The maximum absolute atomic E-state index is 4.88. The van der Waals surface area contributed by atoms with E-state index in [4.69, 9.17) is 4.84 Å². The molecule has 1 heterocycles. The highest BCUT2D eigenvalue weighted by Crippen LogP contribution is 2.27. The first-order valence-electron chi connectivity index (χ1n) is 4.59. The molecule has 0 fully saturated rings. The molecule has 0 saturated carbocycles. The molecule has 0 radical (unpaired) electrons. The second kappa shape index (κ2) is 3.34. The maximum atomic E-state index is 4.88. The molecule has 3 heteroatoms. The Morgan fingerprint density at radius 1 is 1.46 bits per heavy atom. The van der Waals surface area contributed by atoms with E-state index >= 15 is 0 Å². The van der Waals surface area contributed by atoms with E-state index in [1.165, 1.54) is 23.2 Å². The van der Waals surface area contributed by atoms with Crippen molar-refractivity contribution in [3.05, 3.63) is 23.0 Å². The summed E-state index contributed by atoms with van der Waals surface area (Å²) in [6.45, 7) is 2.12. The molecule has 1 aliphatic rings. The number of aryl methyl sites for hydroxylation is 1. The summed E-state index contributed by atoms with van der Waals surface area (Å²) in [4.78, 5) is 9.27. The van der Waals surface area contributed by atoms with Crippen LogP contribution in [0.3, 0.4) is 0 Å². The van der Waals surface area contributed by atoms with E-state index < -0.39 is 0 Å². The normalized spacial score (nSPS) is 14.3. The van der Waals surface area contributed by atoms with E-state index in [9.17, 15) is 0 Å². The van der Waals surface area contributed by atoms with Crippen LogP contribution in [-0.2, 0) is 17.7 Å². The monoisotopic (exact) mass is 178 g/mol. The zero-order valence-electron chi connectivity index (χ0n) is 8.05. The summed E-state index contributed by atoms with van der Waals surface area (Å²) in [7, 11) is 1.62. The predicted molar refractivity (Wildman–Crippen MR) is 51.6 cm³/mol. The number of fused-ring (bicyclic) bond motifs is 1. The standard InChI is InChI=1S/C10H14N2O/c1-7-8-4-3-5-9(8)11-6-10(7)12-13-2/h6,12H,3-5H2,1-2H3. The molecule has 1 N–H and O–H groups in total. The van der Waals surface area contributed by atoms with Gasteiger partial charge in [0, 0.05) is 5.69 Å².